The average Bonchev–Trinajstić information content (AvgIpc) is 2.04. The van der Waals surface area contributed by atoms with Gasteiger partial charge in [-0.15, -0.1) is 0 Å². The number of ether oxygens (including phenoxy) is 1. The molecule has 0 bridgehead atoms. The summed E-state index contributed by atoms with van der Waals surface area (Å²) >= 11 is 0. The first-order valence-electron chi connectivity index (χ1n) is 3.38. The van der Waals surface area contributed by atoms with Crippen LogP contribution in [0.4, 0.5) is 4.79 Å². The van der Waals surface area contributed by atoms with E-state index < -0.39 is 12.3 Å². The lowest BCUT2D eigenvalue weighted by molar-refractivity contribution is 0.133. The van der Waals surface area contributed by atoms with Crippen molar-refractivity contribution in [3.8, 4) is 0 Å². The monoisotopic (exact) mass is 162 g/mol. The van der Waals surface area contributed by atoms with Crippen LogP contribution in [0.5, 0.6) is 0 Å². The van der Waals surface area contributed by atoms with Crippen molar-refractivity contribution in [3.05, 3.63) is 0 Å². The van der Waals surface area contributed by atoms with Gasteiger partial charge in [-0.2, -0.15) is 0 Å². The highest BCUT2D eigenvalue weighted by Gasteiger charge is 2.01. The minimum Gasteiger partial charge on any atom is -0.453 e. The van der Waals surface area contributed by atoms with E-state index in [0.717, 1.165) is 0 Å². The Bertz CT molecular complexity index is 118. The topological polar surface area (TPSA) is 70.6 Å². The van der Waals surface area contributed by atoms with E-state index in [1.807, 2.05) is 0 Å². The molecule has 66 valence electrons. The molecule has 5 heteroatoms. The zero-order valence-corrected chi connectivity index (χ0v) is 6.76. The first-order valence-corrected chi connectivity index (χ1v) is 3.38. The molecule has 1 atom stereocenters. The molecule has 0 saturated carbocycles. The molecule has 0 aromatic rings. The van der Waals surface area contributed by atoms with Gasteiger partial charge >= 0.3 is 6.09 Å². The minimum atomic E-state index is -0.577. The summed E-state index contributed by atoms with van der Waals surface area (Å²) in [6, 6.07) is 0. The maximum absolute atomic E-state index is 10.4. The molecule has 0 rings (SSSR count). The normalized spacial score (nSPS) is 12.3. The van der Waals surface area contributed by atoms with Gasteiger partial charge in [-0.1, -0.05) is 0 Å². The zero-order valence-electron chi connectivity index (χ0n) is 6.76. The second-order valence-electron chi connectivity index (χ2n) is 2.01. The number of amides is 1. The molecule has 0 aromatic heterocycles. The Labute approximate surface area is 65.7 Å². The Morgan fingerprint density at radius 1 is 1.73 bits per heavy atom. The molecule has 11 heavy (non-hydrogen) atoms. The third-order valence-corrected chi connectivity index (χ3v) is 1.21. The summed E-state index contributed by atoms with van der Waals surface area (Å²) in [5.74, 6) is 0. The van der Waals surface area contributed by atoms with Crippen LogP contribution in [-0.4, -0.2) is 38.1 Å². The van der Waals surface area contributed by atoms with Gasteiger partial charge in [0.05, 0.1) is 7.11 Å². The number of alkyl carbamates (subject to hydrolysis) is 1. The second-order valence-corrected chi connectivity index (χ2v) is 2.01. The average molecular weight is 162 g/mol. The van der Waals surface area contributed by atoms with Crippen molar-refractivity contribution in [2.45, 2.75) is 12.6 Å². The summed E-state index contributed by atoms with van der Waals surface area (Å²) in [4.78, 5) is 10.4. The van der Waals surface area contributed by atoms with Crippen molar-refractivity contribution in [1.82, 2.24) is 10.6 Å². The van der Waals surface area contributed by atoms with Crippen LogP contribution < -0.4 is 10.6 Å². The van der Waals surface area contributed by atoms with Crippen molar-refractivity contribution < 1.29 is 14.6 Å². The van der Waals surface area contributed by atoms with Crippen LogP contribution in [0.3, 0.4) is 0 Å². The predicted molar refractivity (Wildman–Crippen MR) is 40.1 cm³/mol. The summed E-state index contributed by atoms with van der Waals surface area (Å²) in [7, 11) is 2.94. The third kappa shape index (κ3) is 5.63. The molecule has 0 aliphatic heterocycles. The third-order valence-electron chi connectivity index (χ3n) is 1.21. The molecule has 0 aliphatic carbocycles. The van der Waals surface area contributed by atoms with Gasteiger partial charge in [-0.05, 0) is 7.05 Å². The number of methoxy groups -OCH3 is 1. The second kappa shape index (κ2) is 5.94. The number of rotatable bonds is 4. The molecule has 0 aromatic carbocycles. The Kier molecular flexibility index (Phi) is 5.50. The fraction of sp³-hybridized carbons (Fsp3) is 0.833. The van der Waals surface area contributed by atoms with Crippen LogP contribution in [0.25, 0.3) is 0 Å². The summed E-state index contributed by atoms with van der Waals surface area (Å²) in [6.07, 6.45) is -0.591. The number of hydrogen-bond donors (Lipinski definition) is 3. The summed E-state index contributed by atoms with van der Waals surface area (Å²) < 4.78 is 4.31. The molecule has 0 radical (unpaired) electrons. The van der Waals surface area contributed by atoms with Crippen molar-refractivity contribution in [1.29, 1.82) is 0 Å². The van der Waals surface area contributed by atoms with Crippen LogP contribution in [0.1, 0.15) is 6.42 Å². The lowest BCUT2D eigenvalue weighted by Crippen LogP contribution is -2.31. The molecule has 1 amide bonds. The van der Waals surface area contributed by atoms with Gasteiger partial charge in [-0.3, -0.25) is 5.32 Å². The Morgan fingerprint density at radius 3 is 2.82 bits per heavy atom. The van der Waals surface area contributed by atoms with Crippen LogP contribution in [0.15, 0.2) is 0 Å². The van der Waals surface area contributed by atoms with Crippen molar-refractivity contribution in [2.75, 3.05) is 20.7 Å². The van der Waals surface area contributed by atoms with E-state index in [1.165, 1.54) is 7.11 Å². The van der Waals surface area contributed by atoms with Gasteiger partial charge in [0.2, 0.25) is 0 Å². The van der Waals surface area contributed by atoms with E-state index in [0.29, 0.717) is 13.0 Å². The van der Waals surface area contributed by atoms with Crippen molar-refractivity contribution in [3.63, 3.8) is 0 Å². The zero-order chi connectivity index (χ0) is 8.69. The number of nitrogens with one attached hydrogen (secondary N) is 2. The van der Waals surface area contributed by atoms with Crippen molar-refractivity contribution in [2.24, 2.45) is 0 Å². The fourth-order valence-corrected chi connectivity index (χ4v) is 0.527. The SMILES string of the molecule is CNC(O)CCNC(=O)OC. The predicted octanol–water partition coefficient (Wildman–Crippen LogP) is -0.730. The standard InChI is InChI=1S/C6H14N2O3/c1-7-5(9)3-4-8-6(10)11-2/h5,7,9H,3-4H2,1-2H3,(H,8,10). The number of hydrogen-bond acceptors (Lipinski definition) is 4. The number of aliphatic hydroxyl groups excluding tert-OH is 1. The van der Waals surface area contributed by atoms with Gasteiger partial charge in [0, 0.05) is 13.0 Å². The first kappa shape index (κ1) is 10.2. The van der Waals surface area contributed by atoms with E-state index in [2.05, 4.69) is 15.4 Å². The highest BCUT2D eigenvalue weighted by atomic mass is 16.5. The molecule has 0 saturated heterocycles. The Balaban J connectivity index is 3.20. The molecule has 5 nitrogen and oxygen atoms in total. The maximum atomic E-state index is 10.4. The summed E-state index contributed by atoms with van der Waals surface area (Å²) in [5, 5.41) is 14.0. The van der Waals surface area contributed by atoms with E-state index in [9.17, 15) is 4.79 Å². The van der Waals surface area contributed by atoms with Gasteiger partial charge in [0.1, 0.15) is 6.23 Å². The van der Waals surface area contributed by atoms with Crippen LogP contribution >= 0.6 is 0 Å². The highest BCUT2D eigenvalue weighted by molar-refractivity contribution is 5.66. The van der Waals surface area contributed by atoms with E-state index in [-0.39, 0.29) is 0 Å². The molecule has 0 spiro atoms. The minimum absolute atomic E-state index is 0.397. The number of carbonyl (C=O) groups excluding carboxylic acids is 1. The van der Waals surface area contributed by atoms with Gasteiger partial charge in [0.15, 0.2) is 0 Å². The van der Waals surface area contributed by atoms with E-state index >= 15 is 0 Å². The van der Waals surface area contributed by atoms with Gasteiger partial charge in [-0.25, -0.2) is 4.79 Å². The molecule has 0 fully saturated rings. The van der Waals surface area contributed by atoms with Crippen LogP contribution in [0, 0.1) is 0 Å². The smallest absolute Gasteiger partial charge is 0.406 e. The number of aliphatic hydroxyl groups is 1. The fourth-order valence-electron chi connectivity index (χ4n) is 0.527. The Morgan fingerprint density at radius 2 is 2.36 bits per heavy atom. The highest BCUT2D eigenvalue weighted by Crippen LogP contribution is 1.82. The molecular weight excluding hydrogens is 148 g/mol. The van der Waals surface area contributed by atoms with E-state index in [4.69, 9.17) is 5.11 Å². The summed E-state index contributed by atoms with van der Waals surface area (Å²) in [6.45, 7) is 0.397. The maximum Gasteiger partial charge on any atom is 0.406 e. The molecular formula is C6H14N2O3. The Hall–Kier alpha value is -0.810. The van der Waals surface area contributed by atoms with Gasteiger partial charge < -0.3 is 15.2 Å². The molecule has 0 aliphatic rings. The lowest BCUT2D eigenvalue weighted by atomic mass is 10.4. The van der Waals surface area contributed by atoms with Gasteiger partial charge in [0.25, 0.3) is 0 Å². The first-order chi connectivity index (χ1) is 5.20. The lowest BCUT2D eigenvalue weighted by Gasteiger charge is -2.08. The van der Waals surface area contributed by atoms with E-state index in [1.54, 1.807) is 7.05 Å². The largest absolute Gasteiger partial charge is 0.453 e. The van der Waals surface area contributed by atoms with Crippen LogP contribution in [0.2, 0.25) is 0 Å². The quantitative estimate of drug-likeness (QED) is 0.477. The molecule has 0 heterocycles. The molecule has 1 unspecified atom stereocenters. The van der Waals surface area contributed by atoms with Crippen LogP contribution in [-0.2, 0) is 4.74 Å². The summed E-state index contributed by atoms with van der Waals surface area (Å²) in [5.41, 5.74) is 0. The number of carbonyl (C=O) groups is 1. The molecule has 3 N–H and O–H groups in total. The van der Waals surface area contributed by atoms with Crippen molar-refractivity contribution >= 4 is 6.09 Å².